The third kappa shape index (κ3) is 1.80. The predicted molar refractivity (Wildman–Crippen MR) is 62.6 cm³/mol. The Kier molecular flexibility index (Phi) is 2.45. The Balaban J connectivity index is 2.26. The highest BCUT2D eigenvalue weighted by Gasteiger charge is 2.34. The number of carbonyl (C=O) groups excluding carboxylic acids is 1. The fraction of sp³-hybridized carbons (Fsp3) is 0.333. The van der Waals surface area contributed by atoms with Crippen molar-refractivity contribution in [2.75, 3.05) is 0 Å². The molecule has 1 aliphatic rings. The Morgan fingerprint density at radius 2 is 2.38 bits per heavy atom. The van der Waals surface area contributed by atoms with Crippen molar-refractivity contribution in [2.45, 2.75) is 19.6 Å². The summed E-state index contributed by atoms with van der Waals surface area (Å²) >= 11 is 1.36. The monoisotopic (exact) mass is 239 g/mol. The molecule has 86 valence electrons. The Hall–Kier alpha value is -1.44. The van der Waals surface area contributed by atoms with Crippen LogP contribution in [0.1, 0.15) is 22.2 Å². The van der Waals surface area contributed by atoms with Crippen LogP contribution in [-0.2, 0) is 0 Å². The van der Waals surface area contributed by atoms with Crippen LogP contribution in [0.25, 0.3) is 0 Å². The number of thiophene rings is 1. The van der Waals surface area contributed by atoms with Gasteiger partial charge in [-0.05, 0) is 30.9 Å². The molecule has 1 aromatic rings. The molecule has 0 saturated carbocycles. The highest BCUT2D eigenvalue weighted by molar-refractivity contribution is 7.12. The molecule has 0 aromatic carbocycles. The lowest BCUT2D eigenvalue weighted by atomic mass is 10.3. The predicted octanol–water partition coefficient (Wildman–Crippen LogP) is -0.0360. The molecule has 2 heterocycles. The van der Waals surface area contributed by atoms with E-state index in [2.05, 4.69) is 10.4 Å². The van der Waals surface area contributed by atoms with Crippen molar-refractivity contribution in [1.29, 1.82) is 0 Å². The number of hydrogen-bond donors (Lipinski definition) is 3. The van der Waals surface area contributed by atoms with E-state index in [1.54, 1.807) is 6.92 Å². The summed E-state index contributed by atoms with van der Waals surface area (Å²) in [6.45, 7) is 3.50. The van der Waals surface area contributed by atoms with Crippen LogP contribution in [0.15, 0.2) is 16.4 Å². The minimum atomic E-state index is -1.02. The van der Waals surface area contributed by atoms with Crippen molar-refractivity contribution < 1.29 is 4.79 Å². The molecule has 0 fully saturated rings. The van der Waals surface area contributed by atoms with E-state index < -0.39 is 5.79 Å². The Labute approximate surface area is 96.9 Å². The molecular weight excluding hydrogens is 226 g/mol. The number of hydrazine groups is 1. The maximum absolute atomic E-state index is 12.1. The zero-order valence-corrected chi connectivity index (χ0v) is 9.84. The minimum Gasteiger partial charge on any atom is -0.368 e. The van der Waals surface area contributed by atoms with Crippen molar-refractivity contribution in [2.24, 2.45) is 16.5 Å². The number of nitrogens with zero attached hydrogens (tertiary/aromatic N) is 2. The summed E-state index contributed by atoms with van der Waals surface area (Å²) in [5, 5.41) is 3.03. The molecule has 0 saturated heterocycles. The van der Waals surface area contributed by atoms with Gasteiger partial charge in [0, 0.05) is 0 Å². The zero-order valence-electron chi connectivity index (χ0n) is 9.02. The Bertz CT molecular complexity index is 464. The van der Waals surface area contributed by atoms with Crippen molar-refractivity contribution in [3.63, 3.8) is 0 Å². The summed E-state index contributed by atoms with van der Waals surface area (Å²) < 4.78 is 0. The molecule has 5 N–H and O–H groups in total. The minimum absolute atomic E-state index is 0.0859. The fourth-order valence-electron chi connectivity index (χ4n) is 1.44. The van der Waals surface area contributed by atoms with Crippen molar-refractivity contribution in [3.05, 3.63) is 21.9 Å². The smallest absolute Gasteiger partial charge is 0.285 e. The number of carbonyl (C=O) groups is 1. The van der Waals surface area contributed by atoms with Crippen molar-refractivity contribution in [3.8, 4) is 0 Å². The summed E-state index contributed by atoms with van der Waals surface area (Å²) in [6.07, 6.45) is 0. The number of nitrogens with one attached hydrogen (secondary N) is 1. The first-order valence-corrected chi connectivity index (χ1v) is 5.59. The van der Waals surface area contributed by atoms with E-state index >= 15 is 0 Å². The second-order valence-electron chi connectivity index (χ2n) is 3.80. The molecule has 0 bridgehead atoms. The van der Waals surface area contributed by atoms with Gasteiger partial charge in [-0.1, -0.05) is 0 Å². The van der Waals surface area contributed by atoms with Crippen LogP contribution in [0.4, 0.5) is 0 Å². The summed E-state index contributed by atoms with van der Waals surface area (Å²) in [6, 6.07) is 1.88. The molecule has 6 nitrogen and oxygen atoms in total. The number of guanidine groups is 1. The van der Waals surface area contributed by atoms with Gasteiger partial charge in [-0.15, -0.1) is 11.3 Å². The van der Waals surface area contributed by atoms with Crippen molar-refractivity contribution in [1.82, 2.24) is 10.4 Å². The maximum atomic E-state index is 12.1. The van der Waals surface area contributed by atoms with Crippen LogP contribution in [0, 0.1) is 6.92 Å². The van der Waals surface area contributed by atoms with Gasteiger partial charge < -0.3 is 5.73 Å². The topological polar surface area (TPSA) is 96.7 Å². The van der Waals surface area contributed by atoms with Gasteiger partial charge in [0.25, 0.3) is 5.91 Å². The van der Waals surface area contributed by atoms with E-state index in [4.69, 9.17) is 11.5 Å². The molecule has 0 radical (unpaired) electrons. The molecule has 0 spiro atoms. The molecular formula is C9H13N5OS. The molecule has 7 heteroatoms. The van der Waals surface area contributed by atoms with E-state index in [-0.39, 0.29) is 11.9 Å². The fourth-order valence-corrected chi connectivity index (χ4v) is 2.30. The van der Waals surface area contributed by atoms with Gasteiger partial charge in [-0.2, -0.15) is 5.43 Å². The van der Waals surface area contributed by atoms with Gasteiger partial charge in [0.2, 0.25) is 5.96 Å². The van der Waals surface area contributed by atoms with Crippen molar-refractivity contribution >= 4 is 23.2 Å². The lowest BCUT2D eigenvalue weighted by Crippen LogP contribution is -2.55. The third-order valence-corrected chi connectivity index (χ3v) is 3.18. The maximum Gasteiger partial charge on any atom is 0.285 e. The highest BCUT2D eigenvalue weighted by atomic mass is 32.1. The number of nitrogens with two attached hydrogens (primary N) is 2. The molecule has 1 amide bonds. The third-order valence-electron chi connectivity index (χ3n) is 2.17. The first-order valence-electron chi connectivity index (χ1n) is 4.71. The zero-order chi connectivity index (χ0) is 11.9. The van der Waals surface area contributed by atoms with Crippen LogP contribution in [0.3, 0.4) is 0 Å². The van der Waals surface area contributed by atoms with Crippen LogP contribution in [0.5, 0.6) is 0 Å². The average molecular weight is 239 g/mol. The molecule has 1 atom stereocenters. The lowest BCUT2D eigenvalue weighted by molar-refractivity contribution is 0.0766. The van der Waals surface area contributed by atoms with Gasteiger partial charge in [0.05, 0.1) is 4.88 Å². The van der Waals surface area contributed by atoms with Gasteiger partial charge in [0.1, 0.15) is 0 Å². The van der Waals surface area contributed by atoms with Crippen LogP contribution in [-0.4, -0.2) is 22.7 Å². The van der Waals surface area contributed by atoms with E-state index in [0.29, 0.717) is 4.88 Å². The molecule has 1 aromatic heterocycles. The summed E-state index contributed by atoms with van der Waals surface area (Å²) in [4.78, 5) is 16.6. The number of amides is 1. The van der Waals surface area contributed by atoms with E-state index in [1.807, 2.05) is 18.4 Å². The molecule has 1 unspecified atom stereocenters. The normalized spacial score (nSPS) is 24.7. The lowest BCUT2D eigenvalue weighted by Gasteiger charge is -2.20. The van der Waals surface area contributed by atoms with Crippen LogP contribution < -0.4 is 16.9 Å². The van der Waals surface area contributed by atoms with E-state index in [0.717, 1.165) is 5.56 Å². The standard InChI is InChI=1S/C9H13N5OS/c1-5-3-4-16-6(5)7(15)14-8(10)12-9(2,11)13-14/h3-4,13H,11H2,1-2H3,(H2,10,12). The molecule has 0 aliphatic carbocycles. The van der Waals surface area contributed by atoms with Crippen LogP contribution in [0.2, 0.25) is 0 Å². The highest BCUT2D eigenvalue weighted by Crippen LogP contribution is 2.19. The first-order chi connectivity index (χ1) is 7.41. The molecule has 2 rings (SSSR count). The van der Waals surface area contributed by atoms with E-state index in [9.17, 15) is 4.79 Å². The van der Waals surface area contributed by atoms with E-state index in [1.165, 1.54) is 16.3 Å². The average Bonchev–Trinajstić information content (AvgIpc) is 2.69. The Morgan fingerprint density at radius 1 is 1.69 bits per heavy atom. The number of aliphatic imine (C=N–C) groups is 1. The second-order valence-corrected chi connectivity index (χ2v) is 4.72. The largest absolute Gasteiger partial charge is 0.368 e. The second kappa shape index (κ2) is 3.55. The number of rotatable bonds is 1. The summed E-state index contributed by atoms with van der Waals surface area (Å²) in [5.41, 5.74) is 15.0. The SMILES string of the molecule is Cc1ccsc1C(=O)N1NC(C)(N)N=C1N. The molecule has 16 heavy (non-hydrogen) atoms. The van der Waals surface area contributed by atoms with Gasteiger partial charge >= 0.3 is 0 Å². The number of hydrogen-bond acceptors (Lipinski definition) is 6. The summed E-state index contributed by atoms with van der Waals surface area (Å²) in [5.74, 6) is -1.17. The summed E-state index contributed by atoms with van der Waals surface area (Å²) in [7, 11) is 0. The quantitative estimate of drug-likeness (QED) is 0.641. The van der Waals surface area contributed by atoms with Gasteiger partial charge in [-0.25, -0.2) is 10.0 Å². The van der Waals surface area contributed by atoms with Gasteiger partial charge in [-0.3, -0.25) is 10.5 Å². The van der Waals surface area contributed by atoms with Crippen LogP contribution >= 0.6 is 11.3 Å². The Morgan fingerprint density at radius 3 is 2.81 bits per heavy atom. The van der Waals surface area contributed by atoms with Gasteiger partial charge in [0.15, 0.2) is 5.79 Å². The number of aryl methyl sites for hydroxylation is 1. The first kappa shape index (κ1) is 11.1. The molecule has 1 aliphatic heterocycles.